The standard InChI is InChI=1S/C20H24N2O4/c1-4-5-11-26-18-10-9-15(12-19(18)25-3)20(24)22-17-8-6-7-16(13-17)21-14(2)23/h6-10,12-13H,4-5,11H2,1-3H3,(H,21,23)(H,22,24). The van der Waals surface area contributed by atoms with Crippen LogP contribution in [0.5, 0.6) is 11.5 Å². The largest absolute Gasteiger partial charge is 0.493 e. The van der Waals surface area contributed by atoms with E-state index in [1.165, 1.54) is 6.92 Å². The SMILES string of the molecule is CCCCOc1ccc(C(=O)Nc2cccc(NC(C)=O)c2)cc1OC. The Morgan fingerprint density at radius 3 is 2.38 bits per heavy atom. The summed E-state index contributed by atoms with van der Waals surface area (Å²) in [6, 6.07) is 12.0. The number of carbonyl (C=O) groups is 2. The number of anilines is 2. The Balaban J connectivity index is 2.10. The van der Waals surface area contributed by atoms with Gasteiger partial charge in [0.05, 0.1) is 13.7 Å². The third kappa shape index (κ3) is 5.51. The third-order valence-corrected chi connectivity index (χ3v) is 3.62. The molecule has 0 aliphatic carbocycles. The second-order valence-corrected chi connectivity index (χ2v) is 5.78. The van der Waals surface area contributed by atoms with Gasteiger partial charge in [0, 0.05) is 23.9 Å². The van der Waals surface area contributed by atoms with Crippen LogP contribution in [0, 0.1) is 0 Å². The van der Waals surface area contributed by atoms with Gasteiger partial charge in [-0.2, -0.15) is 0 Å². The summed E-state index contributed by atoms with van der Waals surface area (Å²) in [6.45, 7) is 4.13. The van der Waals surface area contributed by atoms with Crippen LogP contribution in [-0.2, 0) is 4.79 Å². The number of rotatable bonds is 8. The third-order valence-electron chi connectivity index (χ3n) is 3.62. The van der Waals surface area contributed by atoms with Gasteiger partial charge in [0.15, 0.2) is 11.5 Å². The Morgan fingerprint density at radius 2 is 1.73 bits per heavy atom. The van der Waals surface area contributed by atoms with Crippen molar-refractivity contribution in [3.63, 3.8) is 0 Å². The van der Waals surface area contributed by atoms with Crippen molar-refractivity contribution in [2.45, 2.75) is 26.7 Å². The molecule has 0 aromatic heterocycles. The highest BCUT2D eigenvalue weighted by atomic mass is 16.5. The fourth-order valence-electron chi connectivity index (χ4n) is 2.34. The summed E-state index contributed by atoms with van der Waals surface area (Å²) in [5.74, 6) is 0.686. The number of nitrogens with one attached hydrogen (secondary N) is 2. The van der Waals surface area contributed by atoms with Gasteiger partial charge >= 0.3 is 0 Å². The molecule has 6 nitrogen and oxygen atoms in total. The number of methoxy groups -OCH3 is 1. The van der Waals surface area contributed by atoms with E-state index in [2.05, 4.69) is 17.6 Å². The normalized spacial score (nSPS) is 10.1. The summed E-state index contributed by atoms with van der Waals surface area (Å²) in [4.78, 5) is 23.6. The quantitative estimate of drug-likeness (QED) is 0.699. The molecule has 2 aromatic carbocycles. The van der Waals surface area contributed by atoms with Crippen LogP contribution < -0.4 is 20.1 Å². The first kappa shape index (κ1) is 19.3. The van der Waals surface area contributed by atoms with Gasteiger partial charge in [-0.3, -0.25) is 9.59 Å². The maximum atomic E-state index is 12.5. The predicted molar refractivity (Wildman–Crippen MR) is 102 cm³/mol. The summed E-state index contributed by atoms with van der Waals surface area (Å²) >= 11 is 0. The van der Waals surface area contributed by atoms with Crippen LogP contribution in [0.3, 0.4) is 0 Å². The Labute approximate surface area is 153 Å². The molecular formula is C20H24N2O4. The highest BCUT2D eigenvalue weighted by Gasteiger charge is 2.12. The van der Waals surface area contributed by atoms with Crippen molar-refractivity contribution in [2.24, 2.45) is 0 Å². The average Bonchev–Trinajstić information content (AvgIpc) is 2.61. The monoisotopic (exact) mass is 356 g/mol. The van der Waals surface area contributed by atoms with E-state index >= 15 is 0 Å². The van der Waals surface area contributed by atoms with Gasteiger partial charge in [0.25, 0.3) is 5.91 Å². The molecule has 2 N–H and O–H groups in total. The van der Waals surface area contributed by atoms with E-state index in [9.17, 15) is 9.59 Å². The fraction of sp³-hybridized carbons (Fsp3) is 0.300. The number of amides is 2. The van der Waals surface area contributed by atoms with Crippen LogP contribution in [0.2, 0.25) is 0 Å². The molecule has 138 valence electrons. The van der Waals surface area contributed by atoms with Crippen molar-refractivity contribution in [2.75, 3.05) is 24.4 Å². The highest BCUT2D eigenvalue weighted by Crippen LogP contribution is 2.28. The van der Waals surface area contributed by atoms with Crippen molar-refractivity contribution in [3.05, 3.63) is 48.0 Å². The van der Waals surface area contributed by atoms with Gasteiger partial charge in [-0.15, -0.1) is 0 Å². The molecule has 0 aliphatic heterocycles. The average molecular weight is 356 g/mol. The van der Waals surface area contributed by atoms with E-state index < -0.39 is 0 Å². The summed E-state index contributed by atoms with van der Waals surface area (Å²) in [5, 5.41) is 5.49. The van der Waals surface area contributed by atoms with Crippen molar-refractivity contribution >= 4 is 23.2 Å². The van der Waals surface area contributed by atoms with Crippen molar-refractivity contribution in [1.29, 1.82) is 0 Å². The Hall–Kier alpha value is -3.02. The van der Waals surface area contributed by atoms with E-state index in [1.807, 2.05) is 0 Å². The fourth-order valence-corrected chi connectivity index (χ4v) is 2.34. The zero-order valence-electron chi connectivity index (χ0n) is 15.3. The molecule has 0 saturated carbocycles. The van der Waals surface area contributed by atoms with Crippen LogP contribution in [-0.4, -0.2) is 25.5 Å². The van der Waals surface area contributed by atoms with E-state index in [-0.39, 0.29) is 11.8 Å². The zero-order valence-corrected chi connectivity index (χ0v) is 15.3. The number of benzene rings is 2. The van der Waals surface area contributed by atoms with Gasteiger partial charge in [0.2, 0.25) is 5.91 Å². The molecule has 0 atom stereocenters. The Kier molecular flexibility index (Phi) is 7.02. The van der Waals surface area contributed by atoms with E-state index in [0.29, 0.717) is 35.0 Å². The molecule has 2 amide bonds. The van der Waals surface area contributed by atoms with Crippen molar-refractivity contribution in [1.82, 2.24) is 0 Å². The van der Waals surface area contributed by atoms with E-state index in [4.69, 9.17) is 9.47 Å². The molecule has 2 rings (SSSR count). The lowest BCUT2D eigenvalue weighted by atomic mass is 10.1. The number of ether oxygens (including phenoxy) is 2. The summed E-state index contributed by atoms with van der Waals surface area (Å²) in [6.07, 6.45) is 2.00. The van der Waals surface area contributed by atoms with E-state index in [0.717, 1.165) is 12.8 Å². The van der Waals surface area contributed by atoms with Crippen LogP contribution >= 0.6 is 0 Å². The Bertz CT molecular complexity index is 774. The first-order valence-corrected chi connectivity index (χ1v) is 8.53. The lowest BCUT2D eigenvalue weighted by molar-refractivity contribution is -0.114. The second kappa shape index (κ2) is 9.46. The molecule has 0 radical (unpaired) electrons. The van der Waals surface area contributed by atoms with Crippen molar-refractivity contribution < 1.29 is 19.1 Å². The van der Waals surface area contributed by atoms with Gasteiger partial charge in [-0.25, -0.2) is 0 Å². The molecule has 0 aliphatic rings. The zero-order chi connectivity index (χ0) is 18.9. The summed E-state index contributed by atoms with van der Waals surface area (Å²) in [5.41, 5.74) is 1.66. The molecule has 0 spiro atoms. The van der Waals surface area contributed by atoms with Crippen LogP contribution in [0.1, 0.15) is 37.0 Å². The number of hydrogen-bond acceptors (Lipinski definition) is 4. The van der Waals surface area contributed by atoms with Crippen LogP contribution in [0.4, 0.5) is 11.4 Å². The van der Waals surface area contributed by atoms with Crippen molar-refractivity contribution in [3.8, 4) is 11.5 Å². The molecule has 6 heteroatoms. The molecule has 26 heavy (non-hydrogen) atoms. The minimum absolute atomic E-state index is 0.170. The molecule has 0 unspecified atom stereocenters. The van der Waals surface area contributed by atoms with Gasteiger partial charge in [0.1, 0.15) is 0 Å². The molecular weight excluding hydrogens is 332 g/mol. The minimum atomic E-state index is -0.275. The molecule has 0 saturated heterocycles. The van der Waals surface area contributed by atoms with E-state index in [1.54, 1.807) is 49.6 Å². The molecule has 2 aromatic rings. The molecule has 0 fully saturated rings. The molecule has 0 heterocycles. The van der Waals surface area contributed by atoms with Crippen LogP contribution in [0.15, 0.2) is 42.5 Å². The van der Waals surface area contributed by atoms with Gasteiger partial charge < -0.3 is 20.1 Å². The predicted octanol–water partition coefficient (Wildman–Crippen LogP) is 4.08. The summed E-state index contributed by atoms with van der Waals surface area (Å²) < 4.78 is 11.0. The lowest BCUT2D eigenvalue weighted by Crippen LogP contribution is -2.13. The van der Waals surface area contributed by atoms with Crippen LogP contribution in [0.25, 0.3) is 0 Å². The minimum Gasteiger partial charge on any atom is -0.493 e. The maximum absolute atomic E-state index is 12.5. The van der Waals surface area contributed by atoms with Gasteiger partial charge in [-0.05, 0) is 42.8 Å². The first-order chi connectivity index (χ1) is 12.5. The molecule has 0 bridgehead atoms. The first-order valence-electron chi connectivity index (χ1n) is 8.53. The maximum Gasteiger partial charge on any atom is 0.255 e. The smallest absolute Gasteiger partial charge is 0.255 e. The Morgan fingerprint density at radius 1 is 1.00 bits per heavy atom. The number of carbonyl (C=O) groups excluding carboxylic acids is 2. The second-order valence-electron chi connectivity index (χ2n) is 5.78. The number of unbranched alkanes of at least 4 members (excludes halogenated alkanes) is 1. The highest BCUT2D eigenvalue weighted by molar-refractivity contribution is 6.05. The topological polar surface area (TPSA) is 76.7 Å². The summed E-state index contributed by atoms with van der Waals surface area (Å²) in [7, 11) is 1.54. The lowest BCUT2D eigenvalue weighted by Gasteiger charge is -2.12. The number of hydrogen-bond donors (Lipinski definition) is 2. The van der Waals surface area contributed by atoms with Gasteiger partial charge in [-0.1, -0.05) is 19.4 Å².